The van der Waals surface area contributed by atoms with Gasteiger partial charge < -0.3 is 10.4 Å². The molecule has 4 heteroatoms. The molecular weight excluding hydrogens is 228 g/mol. The standard InChI is InChI=1S/C14H14N2O2/c1-10-5-2-3-6-11(10)9-16-14(18)13-12(17)7-4-8-15-13/h2-8,17H,9H2,1H3,(H,16,18). The van der Waals surface area contributed by atoms with Crippen LogP contribution in [0.25, 0.3) is 0 Å². The van der Waals surface area contributed by atoms with Crippen molar-refractivity contribution in [3.05, 3.63) is 59.4 Å². The Balaban J connectivity index is 2.06. The van der Waals surface area contributed by atoms with Crippen LogP contribution in [0.4, 0.5) is 0 Å². The van der Waals surface area contributed by atoms with E-state index in [2.05, 4.69) is 10.3 Å². The molecule has 0 saturated carbocycles. The van der Waals surface area contributed by atoms with Gasteiger partial charge >= 0.3 is 0 Å². The van der Waals surface area contributed by atoms with E-state index in [-0.39, 0.29) is 17.4 Å². The predicted molar refractivity (Wildman–Crippen MR) is 68.3 cm³/mol. The maximum absolute atomic E-state index is 11.8. The molecule has 0 saturated heterocycles. The van der Waals surface area contributed by atoms with Gasteiger partial charge in [0.05, 0.1) is 0 Å². The molecule has 0 unspecified atom stereocenters. The van der Waals surface area contributed by atoms with Crippen LogP contribution < -0.4 is 5.32 Å². The third kappa shape index (κ3) is 2.66. The van der Waals surface area contributed by atoms with Crippen molar-refractivity contribution in [1.82, 2.24) is 10.3 Å². The Morgan fingerprint density at radius 2 is 2.06 bits per heavy atom. The number of nitrogens with zero attached hydrogens (tertiary/aromatic N) is 1. The highest BCUT2D eigenvalue weighted by molar-refractivity contribution is 5.94. The van der Waals surface area contributed by atoms with Crippen molar-refractivity contribution < 1.29 is 9.90 Å². The van der Waals surface area contributed by atoms with Gasteiger partial charge in [-0.05, 0) is 30.2 Å². The molecule has 0 bridgehead atoms. The molecule has 0 atom stereocenters. The lowest BCUT2D eigenvalue weighted by Gasteiger charge is -2.08. The lowest BCUT2D eigenvalue weighted by molar-refractivity contribution is 0.0943. The Hall–Kier alpha value is -2.36. The zero-order valence-corrected chi connectivity index (χ0v) is 10.1. The average molecular weight is 242 g/mol. The fraction of sp³-hybridized carbons (Fsp3) is 0.143. The molecule has 2 rings (SSSR count). The normalized spacial score (nSPS) is 10.1. The molecule has 0 aliphatic carbocycles. The average Bonchev–Trinajstić information content (AvgIpc) is 2.38. The van der Waals surface area contributed by atoms with Gasteiger partial charge in [-0.25, -0.2) is 4.98 Å². The Morgan fingerprint density at radius 3 is 2.78 bits per heavy atom. The van der Waals surface area contributed by atoms with Gasteiger partial charge in [-0.2, -0.15) is 0 Å². The van der Waals surface area contributed by atoms with Crippen LogP contribution in [0, 0.1) is 6.92 Å². The van der Waals surface area contributed by atoms with Crippen LogP contribution in [-0.2, 0) is 6.54 Å². The summed E-state index contributed by atoms with van der Waals surface area (Å²) in [6.45, 7) is 2.40. The molecule has 1 aromatic carbocycles. The van der Waals surface area contributed by atoms with Crippen LogP contribution in [-0.4, -0.2) is 16.0 Å². The molecular formula is C14H14N2O2. The van der Waals surface area contributed by atoms with E-state index in [0.717, 1.165) is 11.1 Å². The summed E-state index contributed by atoms with van der Waals surface area (Å²) in [5.41, 5.74) is 2.20. The van der Waals surface area contributed by atoms with Crippen molar-refractivity contribution in [1.29, 1.82) is 0 Å². The highest BCUT2D eigenvalue weighted by Gasteiger charge is 2.11. The number of nitrogens with one attached hydrogen (secondary N) is 1. The number of carbonyl (C=O) groups is 1. The maximum atomic E-state index is 11.8. The molecule has 0 radical (unpaired) electrons. The van der Waals surface area contributed by atoms with Gasteiger partial charge in [0.15, 0.2) is 5.69 Å². The number of carbonyl (C=O) groups excluding carboxylic acids is 1. The van der Waals surface area contributed by atoms with Gasteiger partial charge in [-0.15, -0.1) is 0 Å². The molecule has 0 aliphatic heterocycles. The highest BCUT2D eigenvalue weighted by atomic mass is 16.3. The second-order valence-corrected chi connectivity index (χ2v) is 3.98. The summed E-state index contributed by atoms with van der Waals surface area (Å²) < 4.78 is 0. The fourth-order valence-corrected chi connectivity index (χ4v) is 1.64. The first-order valence-corrected chi connectivity index (χ1v) is 5.65. The summed E-state index contributed by atoms with van der Waals surface area (Å²) in [5.74, 6) is -0.490. The number of aromatic nitrogens is 1. The smallest absolute Gasteiger partial charge is 0.273 e. The van der Waals surface area contributed by atoms with Gasteiger partial charge in [0.2, 0.25) is 0 Å². The van der Waals surface area contributed by atoms with E-state index < -0.39 is 0 Å². The first-order chi connectivity index (χ1) is 8.68. The van der Waals surface area contributed by atoms with Crippen LogP contribution >= 0.6 is 0 Å². The first kappa shape index (κ1) is 12.1. The zero-order chi connectivity index (χ0) is 13.0. The predicted octanol–water partition coefficient (Wildman–Crippen LogP) is 2.03. The van der Waals surface area contributed by atoms with Crippen molar-refractivity contribution in [2.45, 2.75) is 13.5 Å². The van der Waals surface area contributed by atoms with Crippen LogP contribution in [0.5, 0.6) is 5.75 Å². The van der Waals surface area contributed by atoms with Gasteiger partial charge in [0, 0.05) is 12.7 Å². The van der Waals surface area contributed by atoms with Gasteiger partial charge in [0.1, 0.15) is 5.75 Å². The molecule has 1 heterocycles. The Labute approximate surface area is 105 Å². The number of hydrogen-bond donors (Lipinski definition) is 2. The lowest BCUT2D eigenvalue weighted by Crippen LogP contribution is -2.24. The molecule has 0 fully saturated rings. The molecule has 4 nitrogen and oxygen atoms in total. The number of amides is 1. The van der Waals surface area contributed by atoms with Crippen LogP contribution in [0.1, 0.15) is 21.6 Å². The summed E-state index contributed by atoms with van der Waals surface area (Å²) in [7, 11) is 0. The summed E-state index contributed by atoms with van der Waals surface area (Å²) in [4.78, 5) is 15.7. The summed E-state index contributed by atoms with van der Waals surface area (Å²) >= 11 is 0. The maximum Gasteiger partial charge on any atom is 0.273 e. The van der Waals surface area contributed by atoms with Gasteiger partial charge in [-0.1, -0.05) is 24.3 Å². The SMILES string of the molecule is Cc1ccccc1CNC(=O)c1ncccc1O. The summed E-state index contributed by atoms with van der Waals surface area (Å²) in [5, 5.41) is 12.2. The monoisotopic (exact) mass is 242 g/mol. The largest absolute Gasteiger partial charge is 0.505 e. The number of hydrogen-bond acceptors (Lipinski definition) is 3. The van der Waals surface area contributed by atoms with Crippen LogP contribution in [0.2, 0.25) is 0 Å². The molecule has 1 amide bonds. The third-order valence-corrected chi connectivity index (χ3v) is 2.70. The third-order valence-electron chi connectivity index (χ3n) is 2.70. The quantitative estimate of drug-likeness (QED) is 0.865. The van der Waals surface area contributed by atoms with E-state index in [1.807, 2.05) is 31.2 Å². The molecule has 18 heavy (non-hydrogen) atoms. The lowest BCUT2D eigenvalue weighted by atomic mass is 10.1. The topological polar surface area (TPSA) is 62.2 Å². The van der Waals surface area contributed by atoms with E-state index in [1.165, 1.54) is 12.3 Å². The number of benzene rings is 1. The van der Waals surface area contributed by atoms with E-state index >= 15 is 0 Å². The number of rotatable bonds is 3. The number of aromatic hydroxyl groups is 1. The summed E-state index contributed by atoms with van der Waals surface area (Å²) in [6.07, 6.45) is 1.47. The van der Waals surface area contributed by atoms with Crippen molar-refractivity contribution in [2.24, 2.45) is 0 Å². The van der Waals surface area contributed by atoms with Gasteiger partial charge in [-0.3, -0.25) is 4.79 Å². The number of aryl methyl sites for hydroxylation is 1. The van der Waals surface area contributed by atoms with Crippen LogP contribution in [0.3, 0.4) is 0 Å². The van der Waals surface area contributed by atoms with Crippen LogP contribution in [0.15, 0.2) is 42.6 Å². The van der Waals surface area contributed by atoms with E-state index in [4.69, 9.17) is 0 Å². The Kier molecular flexibility index (Phi) is 3.57. The fourth-order valence-electron chi connectivity index (χ4n) is 1.64. The second-order valence-electron chi connectivity index (χ2n) is 3.98. The molecule has 92 valence electrons. The molecule has 0 spiro atoms. The minimum Gasteiger partial charge on any atom is -0.505 e. The van der Waals surface area contributed by atoms with Gasteiger partial charge in [0.25, 0.3) is 5.91 Å². The number of pyridine rings is 1. The molecule has 2 N–H and O–H groups in total. The van der Waals surface area contributed by atoms with Crippen molar-refractivity contribution in [2.75, 3.05) is 0 Å². The minimum atomic E-state index is -0.378. The molecule has 2 aromatic rings. The molecule has 1 aromatic heterocycles. The Morgan fingerprint density at radius 1 is 1.28 bits per heavy atom. The zero-order valence-electron chi connectivity index (χ0n) is 10.1. The van der Waals surface area contributed by atoms with Crippen molar-refractivity contribution in [3.8, 4) is 5.75 Å². The molecule has 0 aliphatic rings. The van der Waals surface area contributed by atoms with E-state index in [9.17, 15) is 9.90 Å². The van der Waals surface area contributed by atoms with Crippen molar-refractivity contribution >= 4 is 5.91 Å². The Bertz CT molecular complexity index is 567. The first-order valence-electron chi connectivity index (χ1n) is 5.65. The summed E-state index contributed by atoms with van der Waals surface area (Å²) in [6, 6.07) is 10.8. The van der Waals surface area contributed by atoms with E-state index in [1.54, 1.807) is 6.07 Å². The van der Waals surface area contributed by atoms with E-state index in [0.29, 0.717) is 6.54 Å². The minimum absolute atomic E-state index is 0.0473. The highest BCUT2D eigenvalue weighted by Crippen LogP contribution is 2.12. The van der Waals surface area contributed by atoms with Crippen molar-refractivity contribution in [3.63, 3.8) is 0 Å². The second kappa shape index (κ2) is 5.31.